The van der Waals surface area contributed by atoms with Gasteiger partial charge in [0.2, 0.25) is 0 Å². The van der Waals surface area contributed by atoms with Crippen molar-refractivity contribution in [1.29, 1.82) is 0 Å². The third-order valence-corrected chi connectivity index (χ3v) is 1.80. The van der Waals surface area contributed by atoms with Crippen LogP contribution in [0.3, 0.4) is 0 Å². The molecule has 0 aliphatic heterocycles. The van der Waals surface area contributed by atoms with Crippen LogP contribution in [0.4, 0.5) is 0 Å². The summed E-state index contributed by atoms with van der Waals surface area (Å²) in [6.07, 6.45) is 0. The Morgan fingerprint density at radius 3 is 1.75 bits per heavy atom. The summed E-state index contributed by atoms with van der Waals surface area (Å²) in [7, 11) is -3.99. The summed E-state index contributed by atoms with van der Waals surface area (Å²) in [6, 6.07) is 0. The minimum absolute atomic E-state index is 0.753. The van der Waals surface area contributed by atoms with Gasteiger partial charge in [-0.05, 0) is 8.62 Å². The van der Waals surface area contributed by atoms with Crippen LogP contribution in [0.1, 0.15) is 0 Å². The zero-order valence-electron chi connectivity index (χ0n) is 3.38. The lowest BCUT2D eigenvalue weighted by Crippen LogP contribution is -1.53. The van der Waals surface area contributed by atoms with Crippen molar-refractivity contribution < 1.29 is 22.3 Å². The molecule has 0 radical (unpaired) electrons. The fraction of sp³-hybridized carbons (Fsp3) is 0. The minimum Gasteiger partial charge on any atom is -0.236 e. The summed E-state index contributed by atoms with van der Waals surface area (Å²) in [4.78, 5) is 0. The molecular formula is O5P3+. The van der Waals surface area contributed by atoms with Gasteiger partial charge in [-0.25, -0.2) is 9.13 Å². The van der Waals surface area contributed by atoms with Gasteiger partial charge in [0.05, 0.1) is 0 Å². The molecule has 0 saturated carbocycles. The highest BCUT2D eigenvalue weighted by atomic mass is 31.2. The second-order valence-corrected chi connectivity index (χ2v) is 2.59. The van der Waals surface area contributed by atoms with Crippen molar-refractivity contribution in [2.45, 2.75) is 0 Å². The Labute approximate surface area is 48.9 Å². The van der Waals surface area contributed by atoms with E-state index in [0.717, 1.165) is 0 Å². The lowest BCUT2D eigenvalue weighted by molar-refractivity contribution is 0.430. The van der Waals surface area contributed by atoms with Gasteiger partial charge in [0.25, 0.3) is 0 Å². The molecule has 0 atom stereocenters. The predicted octanol–water partition coefficient (Wildman–Crippen LogP) is 2.09. The predicted molar refractivity (Wildman–Crippen MR) is 25.0 cm³/mol. The van der Waals surface area contributed by atoms with Gasteiger partial charge >= 0.3 is 25.6 Å². The van der Waals surface area contributed by atoms with E-state index in [0.29, 0.717) is 0 Å². The topological polar surface area (TPSA) is 69.7 Å². The summed E-state index contributed by atoms with van der Waals surface area (Å²) < 4.78 is 36.3. The van der Waals surface area contributed by atoms with E-state index >= 15 is 0 Å². The summed E-state index contributed by atoms with van der Waals surface area (Å²) in [5, 5.41) is 0. The molecule has 0 spiro atoms. The van der Waals surface area contributed by atoms with Crippen molar-refractivity contribution in [2.75, 3.05) is 0 Å². The SMILES string of the molecule is O=PO[P+](=O)OP=O. The van der Waals surface area contributed by atoms with E-state index in [9.17, 15) is 13.7 Å². The van der Waals surface area contributed by atoms with Gasteiger partial charge in [-0.3, -0.25) is 0 Å². The third kappa shape index (κ3) is 4.38. The maximum Gasteiger partial charge on any atom is 0.721 e. The first-order valence-electron chi connectivity index (χ1n) is 1.28. The second-order valence-electron chi connectivity index (χ2n) is 0.536. The van der Waals surface area contributed by atoms with Gasteiger partial charge in [-0.15, -0.1) is 0 Å². The molecule has 0 saturated heterocycles. The summed E-state index contributed by atoms with van der Waals surface area (Å²) >= 11 is 0. The Kier molecular flexibility index (Phi) is 5.51. The average molecular weight is 173 g/mol. The highest BCUT2D eigenvalue weighted by molar-refractivity contribution is 7.47. The van der Waals surface area contributed by atoms with Gasteiger partial charge in [0.1, 0.15) is 0 Å². The maximum absolute atomic E-state index is 9.93. The van der Waals surface area contributed by atoms with Crippen LogP contribution in [-0.2, 0) is 22.3 Å². The highest BCUT2D eigenvalue weighted by Crippen LogP contribution is 2.32. The van der Waals surface area contributed by atoms with Crippen LogP contribution in [0.25, 0.3) is 0 Å². The standard InChI is InChI=1S/O5P3/c1-6-4-8(3)5-7-2/q+1. The van der Waals surface area contributed by atoms with E-state index in [1.165, 1.54) is 0 Å². The van der Waals surface area contributed by atoms with Crippen molar-refractivity contribution in [3.05, 3.63) is 0 Å². The molecule has 0 heterocycles. The Balaban J connectivity index is 3.32. The summed E-state index contributed by atoms with van der Waals surface area (Å²) in [5.74, 6) is 0. The monoisotopic (exact) mass is 173 g/mol. The molecule has 0 bridgehead atoms. The van der Waals surface area contributed by atoms with Crippen molar-refractivity contribution in [2.24, 2.45) is 0 Å². The molecule has 0 aliphatic rings. The van der Waals surface area contributed by atoms with Crippen LogP contribution in [0.15, 0.2) is 0 Å². The summed E-state index contributed by atoms with van der Waals surface area (Å²) in [5.41, 5.74) is 0. The highest BCUT2D eigenvalue weighted by Gasteiger charge is 2.20. The molecule has 0 aliphatic carbocycles. The number of hydrogen-bond donors (Lipinski definition) is 0. The van der Waals surface area contributed by atoms with Crippen molar-refractivity contribution in [3.63, 3.8) is 0 Å². The zero-order valence-corrected chi connectivity index (χ0v) is 6.07. The molecule has 0 N–H and O–H groups in total. The average Bonchev–Trinajstić information content (AvgIpc) is 1.68. The van der Waals surface area contributed by atoms with E-state index in [2.05, 4.69) is 8.62 Å². The fourth-order valence-electron chi connectivity index (χ4n) is 0.0693. The van der Waals surface area contributed by atoms with Crippen molar-refractivity contribution in [3.8, 4) is 0 Å². The molecular weight excluding hydrogens is 173 g/mol. The number of hydrogen-bond acceptors (Lipinski definition) is 5. The molecule has 8 heteroatoms. The molecule has 0 aromatic carbocycles. The first-order chi connectivity index (χ1) is 3.81. The first kappa shape index (κ1) is 8.22. The molecule has 0 aromatic heterocycles. The quantitative estimate of drug-likeness (QED) is 0.608. The van der Waals surface area contributed by atoms with E-state index in [1.54, 1.807) is 0 Å². The molecule has 0 amide bonds. The van der Waals surface area contributed by atoms with Crippen LogP contribution >= 0.6 is 25.6 Å². The van der Waals surface area contributed by atoms with Crippen LogP contribution in [0.5, 0.6) is 0 Å². The number of rotatable bonds is 4. The van der Waals surface area contributed by atoms with E-state index in [1.807, 2.05) is 0 Å². The largest absolute Gasteiger partial charge is 0.721 e. The molecule has 0 fully saturated rings. The second kappa shape index (κ2) is 5.36. The van der Waals surface area contributed by atoms with Gasteiger partial charge in [-0.2, -0.15) is 0 Å². The molecule has 0 aromatic rings. The van der Waals surface area contributed by atoms with Gasteiger partial charge < -0.3 is 0 Å². The molecule has 44 valence electrons. The lowest BCUT2D eigenvalue weighted by atomic mass is 15.8. The lowest BCUT2D eigenvalue weighted by Gasteiger charge is -1.61. The van der Waals surface area contributed by atoms with E-state index in [-0.39, 0.29) is 0 Å². The van der Waals surface area contributed by atoms with Crippen LogP contribution in [0.2, 0.25) is 0 Å². The first-order valence-corrected chi connectivity index (χ1v) is 3.83. The Hall–Kier alpha value is 0.220. The maximum atomic E-state index is 9.93. The van der Waals surface area contributed by atoms with Crippen molar-refractivity contribution >= 4 is 25.6 Å². The Morgan fingerprint density at radius 2 is 1.50 bits per heavy atom. The normalized spacial score (nSPS) is 12.2. The zero-order chi connectivity index (χ0) is 6.41. The van der Waals surface area contributed by atoms with Crippen LogP contribution < -0.4 is 0 Å². The molecule has 8 heavy (non-hydrogen) atoms. The van der Waals surface area contributed by atoms with E-state index in [4.69, 9.17) is 0 Å². The van der Waals surface area contributed by atoms with E-state index < -0.39 is 25.6 Å². The van der Waals surface area contributed by atoms with Gasteiger partial charge in [0, 0.05) is 4.57 Å². The summed E-state index contributed by atoms with van der Waals surface area (Å²) in [6.45, 7) is 0. The fourth-order valence-corrected chi connectivity index (χ4v) is 0.892. The minimum atomic E-state index is -2.48. The van der Waals surface area contributed by atoms with Gasteiger partial charge in [0.15, 0.2) is 0 Å². The smallest absolute Gasteiger partial charge is 0.236 e. The third-order valence-electron chi connectivity index (χ3n) is 0.200. The Morgan fingerprint density at radius 1 is 1.12 bits per heavy atom. The molecule has 5 nitrogen and oxygen atoms in total. The van der Waals surface area contributed by atoms with Gasteiger partial charge in [-0.1, -0.05) is 0 Å². The van der Waals surface area contributed by atoms with Crippen LogP contribution in [0, 0.1) is 0 Å². The van der Waals surface area contributed by atoms with Crippen LogP contribution in [-0.4, -0.2) is 0 Å². The molecule has 0 rings (SSSR count). The molecule has 0 unspecified atom stereocenters. The van der Waals surface area contributed by atoms with Crippen molar-refractivity contribution in [1.82, 2.24) is 0 Å². The Bertz CT molecular complexity index is 94.2.